The molecule has 0 radical (unpaired) electrons. The standard InChI is InChI=1S/C12H23NO3/c1-3-12(2,16)13(9-11(14)15)10-7-5-4-6-8-10/h10,16H,3-9H2,1-2H3,(H,14,15). The van der Waals surface area contributed by atoms with E-state index in [1.165, 1.54) is 6.42 Å². The zero-order valence-electron chi connectivity index (χ0n) is 10.3. The highest BCUT2D eigenvalue weighted by Gasteiger charge is 2.34. The second-order valence-electron chi connectivity index (χ2n) is 4.88. The van der Waals surface area contributed by atoms with Gasteiger partial charge in [-0.05, 0) is 26.2 Å². The summed E-state index contributed by atoms with van der Waals surface area (Å²) in [5.41, 5.74) is -1.000. The van der Waals surface area contributed by atoms with E-state index in [0.29, 0.717) is 6.42 Å². The molecule has 0 saturated heterocycles. The van der Waals surface area contributed by atoms with Crippen LogP contribution in [0.5, 0.6) is 0 Å². The van der Waals surface area contributed by atoms with E-state index in [1.807, 2.05) is 6.92 Å². The van der Waals surface area contributed by atoms with Crippen LogP contribution in [0.3, 0.4) is 0 Å². The molecule has 0 aromatic heterocycles. The monoisotopic (exact) mass is 229 g/mol. The molecule has 0 spiro atoms. The number of carboxylic acids is 1. The van der Waals surface area contributed by atoms with Crippen LogP contribution >= 0.6 is 0 Å². The first-order valence-electron chi connectivity index (χ1n) is 6.18. The van der Waals surface area contributed by atoms with Gasteiger partial charge in [-0.25, -0.2) is 0 Å². The van der Waals surface area contributed by atoms with Gasteiger partial charge in [-0.2, -0.15) is 0 Å². The van der Waals surface area contributed by atoms with Crippen molar-refractivity contribution in [1.82, 2.24) is 4.90 Å². The van der Waals surface area contributed by atoms with Crippen LogP contribution in [0.15, 0.2) is 0 Å². The molecule has 4 nitrogen and oxygen atoms in total. The van der Waals surface area contributed by atoms with Crippen LogP contribution in [0, 0.1) is 0 Å². The Bertz CT molecular complexity index is 234. The number of hydrogen-bond acceptors (Lipinski definition) is 3. The molecule has 2 N–H and O–H groups in total. The molecular formula is C12H23NO3. The van der Waals surface area contributed by atoms with E-state index >= 15 is 0 Å². The predicted octanol–water partition coefficient (Wildman–Crippen LogP) is 1.82. The molecule has 94 valence electrons. The van der Waals surface area contributed by atoms with Crippen LogP contribution < -0.4 is 0 Å². The van der Waals surface area contributed by atoms with Gasteiger partial charge in [0.05, 0.1) is 6.54 Å². The third-order valence-corrected chi connectivity index (χ3v) is 3.61. The largest absolute Gasteiger partial charge is 0.480 e. The van der Waals surface area contributed by atoms with E-state index in [1.54, 1.807) is 11.8 Å². The van der Waals surface area contributed by atoms with Gasteiger partial charge < -0.3 is 10.2 Å². The Labute approximate surface area is 97.3 Å². The average Bonchev–Trinajstić information content (AvgIpc) is 2.27. The molecule has 0 bridgehead atoms. The van der Waals surface area contributed by atoms with Crippen molar-refractivity contribution in [2.45, 2.75) is 64.1 Å². The van der Waals surface area contributed by atoms with Gasteiger partial charge in [0.2, 0.25) is 0 Å². The van der Waals surface area contributed by atoms with Crippen molar-refractivity contribution >= 4 is 5.97 Å². The molecular weight excluding hydrogens is 206 g/mol. The van der Waals surface area contributed by atoms with Gasteiger partial charge in [-0.1, -0.05) is 26.2 Å². The molecule has 0 aromatic rings. The number of rotatable bonds is 5. The first-order valence-corrected chi connectivity index (χ1v) is 6.18. The fourth-order valence-corrected chi connectivity index (χ4v) is 2.43. The minimum Gasteiger partial charge on any atom is -0.480 e. The van der Waals surface area contributed by atoms with Gasteiger partial charge in [-0.15, -0.1) is 0 Å². The highest BCUT2D eigenvalue weighted by molar-refractivity contribution is 5.69. The highest BCUT2D eigenvalue weighted by Crippen LogP contribution is 2.28. The summed E-state index contributed by atoms with van der Waals surface area (Å²) in [6.07, 6.45) is 6.07. The maximum absolute atomic E-state index is 10.9. The van der Waals surface area contributed by atoms with E-state index < -0.39 is 11.7 Å². The third kappa shape index (κ3) is 3.46. The Balaban J connectivity index is 2.72. The van der Waals surface area contributed by atoms with E-state index in [4.69, 9.17) is 5.11 Å². The van der Waals surface area contributed by atoms with Crippen molar-refractivity contribution < 1.29 is 15.0 Å². The third-order valence-electron chi connectivity index (χ3n) is 3.61. The van der Waals surface area contributed by atoms with Crippen LogP contribution in [0.2, 0.25) is 0 Å². The average molecular weight is 229 g/mol. The molecule has 1 aliphatic carbocycles. The number of carboxylic acid groups (broad SMARTS) is 1. The van der Waals surface area contributed by atoms with Gasteiger partial charge in [0.25, 0.3) is 0 Å². The minimum atomic E-state index is -1.000. The van der Waals surface area contributed by atoms with Gasteiger partial charge in [0.1, 0.15) is 5.72 Å². The number of hydrogen-bond donors (Lipinski definition) is 2. The lowest BCUT2D eigenvalue weighted by Crippen LogP contribution is -2.54. The summed E-state index contributed by atoms with van der Waals surface area (Å²) in [6.45, 7) is 3.54. The second-order valence-corrected chi connectivity index (χ2v) is 4.88. The number of aliphatic hydroxyl groups is 1. The van der Waals surface area contributed by atoms with Crippen molar-refractivity contribution in [1.29, 1.82) is 0 Å². The van der Waals surface area contributed by atoms with E-state index in [0.717, 1.165) is 25.7 Å². The molecule has 1 unspecified atom stereocenters. The molecule has 0 heterocycles. The number of nitrogens with zero attached hydrogens (tertiary/aromatic N) is 1. The Morgan fingerprint density at radius 3 is 2.38 bits per heavy atom. The van der Waals surface area contributed by atoms with Crippen LogP contribution in [0.4, 0.5) is 0 Å². The molecule has 0 aromatic carbocycles. The van der Waals surface area contributed by atoms with Crippen molar-refractivity contribution in [3.8, 4) is 0 Å². The van der Waals surface area contributed by atoms with Crippen molar-refractivity contribution in [3.63, 3.8) is 0 Å². The van der Waals surface area contributed by atoms with Crippen LogP contribution in [-0.2, 0) is 4.79 Å². The van der Waals surface area contributed by atoms with Crippen molar-refractivity contribution in [2.75, 3.05) is 6.54 Å². The number of carbonyl (C=O) groups is 1. The SMILES string of the molecule is CCC(C)(O)N(CC(=O)O)C1CCCCC1. The molecule has 4 heteroatoms. The molecule has 1 atom stereocenters. The Morgan fingerprint density at radius 2 is 1.94 bits per heavy atom. The van der Waals surface area contributed by atoms with Gasteiger partial charge in [0, 0.05) is 6.04 Å². The summed E-state index contributed by atoms with van der Waals surface area (Å²) in [4.78, 5) is 12.6. The fraction of sp³-hybridized carbons (Fsp3) is 0.917. The van der Waals surface area contributed by atoms with E-state index in [9.17, 15) is 9.90 Å². The summed E-state index contributed by atoms with van der Waals surface area (Å²) >= 11 is 0. The summed E-state index contributed by atoms with van der Waals surface area (Å²) in [5, 5.41) is 19.2. The van der Waals surface area contributed by atoms with Gasteiger partial charge in [0.15, 0.2) is 0 Å². The zero-order valence-corrected chi connectivity index (χ0v) is 10.3. The first-order chi connectivity index (χ1) is 7.47. The molecule has 0 aliphatic heterocycles. The lowest BCUT2D eigenvalue weighted by molar-refractivity contribution is -0.157. The molecule has 1 aliphatic rings. The van der Waals surface area contributed by atoms with Crippen LogP contribution in [-0.4, -0.2) is 39.4 Å². The lowest BCUT2D eigenvalue weighted by Gasteiger charge is -2.42. The highest BCUT2D eigenvalue weighted by atomic mass is 16.4. The van der Waals surface area contributed by atoms with Gasteiger partial charge >= 0.3 is 5.97 Å². The summed E-state index contributed by atoms with van der Waals surface area (Å²) in [7, 11) is 0. The molecule has 1 fully saturated rings. The zero-order chi connectivity index (χ0) is 12.2. The normalized spacial score (nSPS) is 22.0. The Kier molecular flexibility index (Phi) is 4.74. The van der Waals surface area contributed by atoms with Crippen molar-refractivity contribution in [2.24, 2.45) is 0 Å². The maximum atomic E-state index is 10.9. The van der Waals surface area contributed by atoms with Crippen LogP contribution in [0.25, 0.3) is 0 Å². The Hall–Kier alpha value is -0.610. The smallest absolute Gasteiger partial charge is 0.317 e. The maximum Gasteiger partial charge on any atom is 0.317 e. The topological polar surface area (TPSA) is 60.8 Å². The van der Waals surface area contributed by atoms with Crippen molar-refractivity contribution in [3.05, 3.63) is 0 Å². The molecule has 16 heavy (non-hydrogen) atoms. The second kappa shape index (κ2) is 5.64. The number of aliphatic carboxylic acids is 1. The van der Waals surface area contributed by atoms with Crippen LogP contribution in [0.1, 0.15) is 52.4 Å². The first kappa shape index (κ1) is 13.5. The van der Waals surface area contributed by atoms with E-state index in [-0.39, 0.29) is 12.6 Å². The molecule has 1 saturated carbocycles. The summed E-state index contributed by atoms with van der Waals surface area (Å²) in [6, 6.07) is 0.222. The molecule has 1 rings (SSSR count). The minimum absolute atomic E-state index is 0.0640. The summed E-state index contributed by atoms with van der Waals surface area (Å²) < 4.78 is 0. The fourth-order valence-electron chi connectivity index (χ4n) is 2.43. The molecule has 0 amide bonds. The summed E-state index contributed by atoms with van der Waals surface area (Å²) in [5.74, 6) is -0.862. The quantitative estimate of drug-likeness (QED) is 0.706. The Morgan fingerprint density at radius 1 is 1.38 bits per heavy atom. The predicted molar refractivity (Wildman–Crippen MR) is 62.1 cm³/mol. The van der Waals surface area contributed by atoms with Gasteiger partial charge in [-0.3, -0.25) is 9.69 Å². The van der Waals surface area contributed by atoms with E-state index in [2.05, 4.69) is 0 Å². The lowest BCUT2D eigenvalue weighted by atomic mass is 9.92.